The van der Waals surface area contributed by atoms with Gasteiger partial charge in [0.15, 0.2) is 5.78 Å². The molecule has 0 aromatic heterocycles. The van der Waals surface area contributed by atoms with Crippen LogP contribution in [0.3, 0.4) is 0 Å². The van der Waals surface area contributed by atoms with Crippen LogP contribution in [0.25, 0.3) is 0 Å². The molecular formula is C21H26ClNO2. The lowest BCUT2D eigenvalue weighted by Gasteiger charge is -2.47. The van der Waals surface area contributed by atoms with Gasteiger partial charge < -0.3 is 5.11 Å². The van der Waals surface area contributed by atoms with Crippen LogP contribution in [-0.4, -0.2) is 34.9 Å². The summed E-state index contributed by atoms with van der Waals surface area (Å²) in [5, 5.41) is 9.84. The highest BCUT2D eigenvalue weighted by Crippen LogP contribution is 2.39. The van der Waals surface area contributed by atoms with E-state index in [2.05, 4.69) is 24.8 Å². The Balaban J connectivity index is 0.00000225. The molecule has 1 aliphatic rings. The van der Waals surface area contributed by atoms with Crippen LogP contribution >= 0.6 is 12.4 Å². The molecule has 2 unspecified atom stereocenters. The molecule has 2 aromatic carbocycles. The van der Waals surface area contributed by atoms with Crippen molar-refractivity contribution in [2.45, 2.75) is 38.1 Å². The second-order valence-corrected chi connectivity index (χ2v) is 7.01. The van der Waals surface area contributed by atoms with E-state index >= 15 is 0 Å². The van der Waals surface area contributed by atoms with E-state index in [4.69, 9.17) is 0 Å². The molecule has 0 aliphatic carbocycles. The highest BCUT2D eigenvalue weighted by atomic mass is 35.5. The molecule has 0 radical (unpaired) electrons. The number of aromatic hydroxyl groups is 1. The Morgan fingerprint density at radius 3 is 2.60 bits per heavy atom. The Morgan fingerprint density at radius 1 is 1.20 bits per heavy atom. The van der Waals surface area contributed by atoms with E-state index in [0.29, 0.717) is 12.3 Å². The van der Waals surface area contributed by atoms with Crippen molar-refractivity contribution >= 4 is 18.2 Å². The van der Waals surface area contributed by atoms with Crippen molar-refractivity contribution in [3.63, 3.8) is 0 Å². The minimum Gasteiger partial charge on any atom is -0.508 e. The molecule has 2 aromatic rings. The highest BCUT2D eigenvalue weighted by Gasteiger charge is 2.40. The van der Waals surface area contributed by atoms with Crippen LogP contribution in [0, 0.1) is 0 Å². The van der Waals surface area contributed by atoms with E-state index < -0.39 is 0 Å². The standard InChI is InChI=1S/C21H25NO2.ClH/c1-16-21(2,18-10-6-11-19(23)14-18)12-7-13-22(16)15-20(24)17-8-4-3-5-9-17;/h3-6,8-11,14,16,23H,7,12-13,15H2,1-2H3;1H. The first kappa shape index (κ1) is 19.5. The maximum Gasteiger partial charge on any atom is 0.176 e. The van der Waals surface area contributed by atoms with Crippen LogP contribution in [0.2, 0.25) is 0 Å². The van der Waals surface area contributed by atoms with Crippen molar-refractivity contribution in [3.8, 4) is 5.75 Å². The van der Waals surface area contributed by atoms with Crippen molar-refractivity contribution in [1.82, 2.24) is 4.90 Å². The minimum absolute atomic E-state index is 0. The Morgan fingerprint density at radius 2 is 1.92 bits per heavy atom. The summed E-state index contributed by atoms with van der Waals surface area (Å²) in [6, 6.07) is 17.3. The fourth-order valence-corrected chi connectivity index (χ4v) is 3.82. The van der Waals surface area contributed by atoms with E-state index in [-0.39, 0.29) is 29.6 Å². The normalized spacial score (nSPS) is 23.7. The summed E-state index contributed by atoms with van der Waals surface area (Å²) in [5.74, 6) is 0.473. The monoisotopic (exact) mass is 359 g/mol. The fourth-order valence-electron chi connectivity index (χ4n) is 3.82. The average molecular weight is 360 g/mol. The largest absolute Gasteiger partial charge is 0.508 e. The topological polar surface area (TPSA) is 40.5 Å². The minimum atomic E-state index is -0.0615. The predicted octanol–water partition coefficient (Wildman–Crippen LogP) is 4.44. The molecule has 2 atom stereocenters. The van der Waals surface area contributed by atoms with Crippen LogP contribution in [0.5, 0.6) is 5.75 Å². The molecule has 0 spiro atoms. The Labute approximate surface area is 156 Å². The van der Waals surface area contributed by atoms with Gasteiger partial charge in [0.2, 0.25) is 0 Å². The summed E-state index contributed by atoms with van der Waals surface area (Å²) in [6.45, 7) is 5.82. The number of hydrogen-bond donors (Lipinski definition) is 1. The van der Waals surface area contributed by atoms with Crippen molar-refractivity contribution in [1.29, 1.82) is 0 Å². The highest BCUT2D eigenvalue weighted by molar-refractivity contribution is 5.97. The van der Waals surface area contributed by atoms with Crippen molar-refractivity contribution < 1.29 is 9.90 Å². The molecule has 3 rings (SSSR count). The van der Waals surface area contributed by atoms with Gasteiger partial charge in [-0.25, -0.2) is 0 Å². The summed E-state index contributed by atoms with van der Waals surface area (Å²) in [5.41, 5.74) is 1.86. The number of rotatable bonds is 4. The number of phenolic OH excluding ortho intramolecular Hbond substituents is 1. The molecule has 0 bridgehead atoms. The van der Waals surface area contributed by atoms with Gasteiger partial charge in [-0.3, -0.25) is 9.69 Å². The number of benzene rings is 2. The first-order valence-electron chi connectivity index (χ1n) is 8.62. The van der Waals surface area contributed by atoms with Gasteiger partial charge in [-0.1, -0.05) is 49.4 Å². The first-order valence-corrected chi connectivity index (χ1v) is 8.62. The molecular weight excluding hydrogens is 334 g/mol. The Kier molecular flexibility index (Phi) is 6.26. The third-order valence-corrected chi connectivity index (χ3v) is 5.56. The molecule has 3 nitrogen and oxygen atoms in total. The molecule has 1 N–H and O–H groups in total. The lowest BCUT2D eigenvalue weighted by Crippen LogP contribution is -2.53. The van der Waals surface area contributed by atoms with Crippen LogP contribution in [0.15, 0.2) is 54.6 Å². The number of Topliss-reactive ketones (excluding diaryl/α,β-unsaturated/α-hetero) is 1. The lowest BCUT2D eigenvalue weighted by molar-refractivity contribution is 0.0687. The molecule has 1 saturated heterocycles. The van der Waals surface area contributed by atoms with Gasteiger partial charge in [0.25, 0.3) is 0 Å². The van der Waals surface area contributed by atoms with E-state index in [9.17, 15) is 9.90 Å². The predicted molar refractivity (Wildman–Crippen MR) is 104 cm³/mol. The molecule has 25 heavy (non-hydrogen) atoms. The number of halogens is 1. The number of carbonyl (C=O) groups excluding carboxylic acids is 1. The summed E-state index contributed by atoms with van der Waals surface area (Å²) in [6.07, 6.45) is 2.12. The number of hydrogen-bond acceptors (Lipinski definition) is 3. The number of piperidine rings is 1. The van der Waals surface area contributed by atoms with Crippen LogP contribution in [0.1, 0.15) is 42.6 Å². The maximum atomic E-state index is 12.6. The van der Waals surface area contributed by atoms with E-state index in [1.54, 1.807) is 6.07 Å². The summed E-state index contributed by atoms with van der Waals surface area (Å²) >= 11 is 0. The molecule has 0 amide bonds. The number of phenols is 1. The third kappa shape index (κ3) is 4.05. The second-order valence-electron chi connectivity index (χ2n) is 7.01. The molecule has 4 heteroatoms. The molecule has 1 aliphatic heterocycles. The van der Waals surface area contributed by atoms with Gasteiger partial charge >= 0.3 is 0 Å². The van der Waals surface area contributed by atoms with E-state index in [1.165, 1.54) is 0 Å². The summed E-state index contributed by atoms with van der Waals surface area (Å²) in [7, 11) is 0. The van der Waals surface area contributed by atoms with Gasteiger partial charge in [-0.15, -0.1) is 12.4 Å². The quantitative estimate of drug-likeness (QED) is 0.820. The smallest absolute Gasteiger partial charge is 0.176 e. The van der Waals surface area contributed by atoms with Crippen molar-refractivity contribution in [2.24, 2.45) is 0 Å². The molecule has 134 valence electrons. The Hall–Kier alpha value is -1.84. The number of likely N-dealkylation sites (tertiary alicyclic amines) is 1. The Bertz CT molecular complexity index is 719. The zero-order valence-corrected chi connectivity index (χ0v) is 15.6. The SMILES string of the molecule is CC1N(CC(=O)c2ccccc2)CCCC1(C)c1cccc(O)c1.Cl. The number of carbonyl (C=O) groups is 1. The number of nitrogens with zero attached hydrogens (tertiary/aromatic N) is 1. The zero-order chi connectivity index (χ0) is 17.2. The van der Waals surface area contributed by atoms with Gasteiger partial charge in [-0.2, -0.15) is 0 Å². The molecule has 0 saturated carbocycles. The number of ketones is 1. The average Bonchev–Trinajstić information content (AvgIpc) is 2.60. The molecule has 1 fully saturated rings. The van der Waals surface area contributed by atoms with Crippen LogP contribution in [-0.2, 0) is 5.41 Å². The summed E-state index contributed by atoms with van der Waals surface area (Å²) < 4.78 is 0. The van der Waals surface area contributed by atoms with E-state index in [1.807, 2.05) is 42.5 Å². The lowest BCUT2D eigenvalue weighted by atomic mass is 9.70. The fraction of sp³-hybridized carbons (Fsp3) is 0.381. The zero-order valence-electron chi connectivity index (χ0n) is 14.8. The molecule has 1 heterocycles. The van der Waals surface area contributed by atoms with E-state index in [0.717, 1.165) is 30.5 Å². The maximum absolute atomic E-state index is 12.6. The van der Waals surface area contributed by atoms with Crippen LogP contribution < -0.4 is 0 Å². The van der Waals surface area contributed by atoms with Crippen molar-refractivity contribution in [2.75, 3.05) is 13.1 Å². The van der Waals surface area contributed by atoms with Crippen LogP contribution in [0.4, 0.5) is 0 Å². The third-order valence-electron chi connectivity index (χ3n) is 5.56. The van der Waals surface area contributed by atoms with Gasteiger partial charge in [-0.05, 0) is 44.0 Å². The van der Waals surface area contributed by atoms with Gasteiger partial charge in [0, 0.05) is 17.0 Å². The van der Waals surface area contributed by atoms with Crippen molar-refractivity contribution in [3.05, 3.63) is 65.7 Å². The second kappa shape index (κ2) is 8.03. The summed E-state index contributed by atoms with van der Waals surface area (Å²) in [4.78, 5) is 14.9. The van der Waals surface area contributed by atoms with Gasteiger partial charge in [0.1, 0.15) is 5.75 Å². The first-order chi connectivity index (χ1) is 11.5. The van der Waals surface area contributed by atoms with Gasteiger partial charge in [0.05, 0.1) is 6.54 Å².